The zero-order valence-electron chi connectivity index (χ0n) is 15.9. The predicted octanol–water partition coefficient (Wildman–Crippen LogP) is 4.01. The Morgan fingerprint density at radius 1 is 0.929 bits per heavy atom. The quantitative estimate of drug-likeness (QED) is 0.438. The lowest BCUT2D eigenvalue weighted by Gasteiger charge is -2.11. The van der Waals surface area contributed by atoms with E-state index in [1.54, 1.807) is 0 Å². The maximum atomic E-state index is 5.92. The summed E-state index contributed by atoms with van der Waals surface area (Å²) in [6, 6.07) is 16.2. The van der Waals surface area contributed by atoms with E-state index in [1.165, 1.54) is 11.1 Å². The molecule has 0 amide bonds. The van der Waals surface area contributed by atoms with Crippen LogP contribution in [0, 0.1) is 13.8 Å². The fourth-order valence-corrected chi connectivity index (χ4v) is 3.03. The molecule has 0 bridgehead atoms. The molecule has 0 aliphatic rings. The van der Waals surface area contributed by atoms with Gasteiger partial charge in [-0.2, -0.15) is 9.97 Å². The van der Waals surface area contributed by atoms with E-state index in [4.69, 9.17) is 10.2 Å². The summed E-state index contributed by atoms with van der Waals surface area (Å²) in [6.45, 7) is 5.41. The first-order valence-corrected chi connectivity index (χ1v) is 9.14. The summed E-state index contributed by atoms with van der Waals surface area (Å²) < 4.78 is 5.65. The van der Waals surface area contributed by atoms with Gasteiger partial charge in [0.2, 0.25) is 5.95 Å². The molecule has 7 heteroatoms. The van der Waals surface area contributed by atoms with Crippen molar-refractivity contribution in [3.63, 3.8) is 0 Å². The molecule has 4 N–H and O–H groups in total. The minimum atomic E-state index is 0.243. The SMILES string of the molecule is Cc1cccc(-c2cc(NCCNc3nc4ccccc4o3)nc(N)n2)c1C. The third-order valence-corrected chi connectivity index (χ3v) is 4.63. The Hall–Kier alpha value is -3.61. The van der Waals surface area contributed by atoms with Crippen molar-refractivity contribution in [2.24, 2.45) is 0 Å². The van der Waals surface area contributed by atoms with E-state index in [0.717, 1.165) is 22.4 Å². The second-order valence-electron chi connectivity index (χ2n) is 6.58. The number of hydrogen-bond donors (Lipinski definition) is 3. The number of para-hydroxylation sites is 2. The van der Waals surface area contributed by atoms with Crippen LogP contribution in [0.2, 0.25) is 0 Å². The van der Waals surface area contributed by atoms with Gasteiger partial charge in [-0.25, -0.2) is 4.98 Å². The molecule has 0 radical (unpaired) electrons. The second-order valence-corrected chi connectivity index (χ2v) is 6.58. The molecular weight excluding hydrogens is 352 g/mol. The lowest BCUT2D eigenvalue weighted by atomic mass is 10.0. The van der Waals surface area contributed by atoms with Crippen LogP contribution in [0.5, 0.6) is 0 Å². The normalized spacial score (nSPS) is 10.9. The van der Waals surface area contributed by atoms with Crippen molar-refractivity contribution in [2.45, 2.75) is 13.8 Å². The molecule has 4 rings (SSSR count). The first-order chi connectivity index (χ1) is 13.6. The monoisotopic (exact) mass is 374 g/mol. The highest BCUT2D eigenvalue weighted by Crippen LogP contribution is 2.26. The van der Waals surface area contributed by atoms with Crippen LogP contribution in [0.15, 0.2) is 52.9 Å². The molecular formula is C21H22N6O. The van der Waals surface area contributed by atoms with Crippen molar-refractivity contribution in [1.82, 2.24) is 15.0 Å². The summed E-state index contributed by atoms with van der Waals surface area (Å²) in [5.41, 5.74) is 11.8. The second kappa shape index (κ2) is 7.56. The minimum Gasteiger partial charge on any atom is -0.424 e. The van der Waals surface area contributed by atoms with Crippen molar-refractivity contribution in [3.05, 3.63) is 59.7 Å². The van der Waals surface area contributed by atoms with Gasteiger partial charge in [0.1, 0.15) is 11.3 Å². The number of hydrogen-bond acceptors (Lipinski definition) is 7. The van der Waals surface area contributed by atoms with Crippen molar-refractivity contribution >= 4 is 28.9 Å². The Labute approximate surface area is 163 Å². The highest BCUT2D eigenvalue weighted by atomic mass is 16.4. The molecule has 0 fully saturated rings. The number of nitrogens with two attached hydrogens (primary N) is 1. The van der Waals surface area contributed by atoms with Crippen molar-refractivity contribution in [2.75, 3.05) is 29.5 Å². The summed E-state index contributed by atoms with van der Waals surface area (Å²) in [7, 11) is 0. The largest absolute Gasteiger partial charge is 0.424 e. The van der Waals surface area contributed by atoms with E-state index >= 15 is 0 Å². The third-order valence-electron chi connectivity index (χ3n) is 4.63. The number of benzene rings is 2. The van der Waals surface area contributed by atoms with E-state index in [9.17, 15) is 0 Å². The number of rotatable bonds is 6. The van der Waals surface area contributed by atoms with Crippen LogP contribution in [0.1, 0.15) is 11.1 Å². The first kappa shape index (κ1) is 17.8. The molecule has 4 aromatic rings. The van der Waals surface area contributed by atoms with Crippen LogP contribution in [-0.4, -0.2) is 28.0 Å². The fraction of sp³-hybridized carbons (Fsp3) is 0.190. The van der Waals surface area contributed by atoms with Gasteiger partial charge in [0.15, 0.2) is 5.58 Å². The van der Waals surface area contributed by atoms with Crippen LogP contribution < -0.4 is 16.4 Å². The molecule has 0 unspecified atom stereocenters. The zero-order valence-corrected chi connectivity index (χ0v) is 15.9. The van der Waals surface area contributed by atoms with Gasteiger partial charge in [-0.15, -0.1) is 0 Å². The maximum absolute atomic E-state index is 5.92. The smallest absolute Gasteiger partial charge is 0.295 e. The van der Waals surface area contributed by atoms with Gasteiger partial charge in [0, 0.05) is 24.7 Å². The maximum Gasteiger partial charge on any atom is 0.295 e. The van der Waals surface area contributed by atoms with Gasteiger partial charge in [0.05, 0.1) is 5.69 Å². The number of nitrogen functional groups attached to an aromatic ring is 1. The lowest BCUT2D eigenvalue weighted by molar-refractivity contribution is 0.615. The Balaban J connectivity index is 1.42. The molecule has 0 saturated carbocycles. The molecule has 0 aliphatic heterocycles. The Morgan fingerprint density at radius 3 is 2.61 bits per heavy atom. The van der Waals surface area contributed by atoms with E-state index in [0.29, 0.717) is 24.9 Å². The third kappa shape index (κ3) is 3.73. The molecule has 0 saturated heterocycles. The number of fused-ring (bicyclic) bond motifs is 1. The van der Waals surface area contributed by atoms with E-state index in [2.05, 4.69) is 45.5 Å². The average molecular weight is 374 g/mol. The van der Waals surface area contributed by atoms with Gasteiger partial charge in [-0.3, -0.25) is 0 Å². The topological polar surface area (TPSA) is 102 Å². The molecule has 2 aromatic heterocycles. The van der Waals surface area contributed by atoms with Gasteiger partial charge >= 0.3 is 0 Å². The van der Waals surface area contributed by atoms with Gasteiger partial charge in [-0.1, -0.05) is 30.3 Å². The zero-order chi connectivity index (χ0) is 19.5. The number of oxazole rings is 1. The van der Waals surface area contributed by atoms with Crippen LogP contribution in [-0.2, 0) is 0 Å². The van der Waals surface area contributed by atoms with Gasteiger partial charge in [0.25, 0.3) is 6.01 Å². The first-order valence-electron chi connectivity index (χ1n) is 9.14. The number of aromatic nitrogens is 3. The summed E-state index contributed by atoms with van der Waals surface area (Å²) in [5.74, 6) is 0.926. The highest BCUT2D eigenvalue weighted by Gasteiger charge is 2.09. The van der Waals surface area contributed by atoms with Crippen LogP contribution in [0.4, 0.5) is 17.8 Å². The van der Waals surface area contributed by atoms with Crippen molar-refractivity contribution in [1.29, 1.82) is 0 Å². The van der Waals surface area contributed by atoms with E-state index < -0.39 is 0 Å². The molecule has 0 aliphatic carbocycles. The molecule has 0 spiro atoms. The molecule has 28 heavy (non-hydrogen) atoms. The number of nitrogens with one attached hydrogen (secondary N) is 2. The summed E-state index contributed by atoms with van der Waals surface area (Å²) in [6.07, 6.45) is 0. The predicted molar refractivity (Wildman–Crippen MR) is 112 cm³/mol. The average Bonchev–Trinajstić information content (AvgIpc) is 3.10. The molecule has 142 valence electrons. The van der Waals surface area contributed by atoms with E-state index in [1.807, 2.05) is 42.5 Å². The van der Waals surface area contributed by atoms with Crippen molar-refractivity contribution in [3.8, 4) is 11.3 Å². The Kier molecular flexibility index (Phi) is 4.80. The number of anilines is 3. The van der Waals surface area contributed by atoms with Gasteiger partial charge in [-0.05, 0) is 37.1 Å². The van der Waals surface area contributed by atoms with Crippen LogP contribution in [0.3, 0.4) is 0 Å². The Morgan fingerprint density at radius 2 is 1.75 bits per heavy atom. The van der Waals surface area contributed by atoms with Crippen LogP contribution in [0.25, 0.3) is 22.4 Å². The molecule has 7 nitrogen and oxygen atoms in total. The number of aryl methyl sites for hydroxylation is 1. The van der Waals surface area contributed by atoms with Crippen molar-refractivity contribution < 1.29 is 4.42 Å². The summed E-state index contributed by atoms with van der Waals surface area (Å²) in [4.78, 5) is 13.1. The van der Waals surface area contributed by atoms with Gasteiger partial charge < -0.3 is 20.8 Å². The minimum absolute atomic E-state index is 0.243. The standard InChI is InChI=1S/C21H22N6O/c1-13-6-5-7-15(14(13)2)17-12-19(27-20(22)25-17)23-10-11-24-21-26-16-8-3-4-9-18(16)28-21/h3-9,12H,10-11H2,1-2H3,(H,24,26)(H3,22,23,25,27). The Bertz CT molecular complexity index is 1090. The highest BCUT2D eigenvalue weighted by molar-refractivity contribution is 5.74. The van der Waals surface area contributed by atoms with E-state index in [-0.39, 0.29) is 5.95 Å². The number of nitrogens with zero attached hydrogens (tertiary/aromatic N) is 3. The van der Waals surface area contributed by atoms with Crippen LogP contribution >= 0.6 is 0 Å². The molecule has 2 aromatic carbocycles. The summed E-state index contributed by atoms with van der Waals surface area (Å²) in [5, 5.41) is 6.44. The lowest BCUT2D eigenvalue weighted by Crippen LogP contribution is -2.15. The molecule has 2 heterocycles. The summed E-state index contributed by atoms with van der Waals surface area (Å²) >= 11 is 0. The fourth-order valence-electron chi connectivity index (χ4n) is 3.03. The molecule has 0 atom stereocenters.